The Kier molecular flexibility index (Phi) is 6.38. The van der Waals surface area contributed by atoms with Gasteiger partial charge in [-0.25, -0.2) is 0 Å². The summed E-state index contributed by atoms with van der Waals surface area (Å²) >= 11 is 0. The standard InChI is InChI=1S/C20H26N2O2/c1-14-9-11-17(12-10-14)13-21-20(23)16(3)22-15(2)18-7-5-6-8-19(18)24-4/h5-12,15-16,22H,13H2,1-4H3,(H,21,23)/t15-,16+/m1/s1. The molecule has 0 heterocycles. The lowest BCUT2D eigenvalue weighted by molar-refractivity contribution is -0.123. The molecule has 0 aliphatic rings. The molecule has 24 heavy (non-hydrogen) atoms. The van der Waals surface area contributed by atoms with Gasteiger partial charge in [-0.05, 0) is 32.4 Å². The Hall–Kier alpha value is -2.33. The van der Waals surface area contributed by atoms with E-state index in [1.807, 2.05) is 69.3 Å². The van der Waals surface area contributed by atoms with Crippen LogP contribution in [0.3, 0.4) is 0 Å². The van der Waals surface area contributed by atoms with Gasteiger partial charge in [0.1, 0.15) is 5.75 Å². The van der Waals surface area contributed by atoms with Crippen LogP contribution in [0.15, 0.2) is 48.5 Å². The number of carbonyl (C=O) groups excluding carboxylic acids is 1. The molecular formula is C20H26N2O2. The van der Waals surface area contributed by atoms with Crippen molar-refractivity contribution < 1.29 is 9.53 Å². The van der Waals surface area contributed by atoms with Crippen LogP contribution < -0.4 is 15.4 Å². The third kappa shape index (κ3) is 4.83. The molecule has 0 aliphatic heterocycles. The number of hydrogen-bond acceptors (Lipinski definition) is 3. The number of aryl methyl sites for hydroxylation is 1. The maximum atomic E-state index is 12.3. The third-order valence-electron chi connectivity index (χ3n) is 4.09. The van der Waals surface area contributed by atoms with Crippen molar-refractivity contribution in [3.63, 3.8) is 0 Å². The SMILES string of the molecule is COc1ccccc1[C@@H](C)N[C@@H](C)C(=O)NCc1ccc(C)cc1. The summed E-state index contributed by atoms with van der Waals surface area (Å²) in [5.41, 5.74) is 3.35. The fourth-order valence-corrected chi connectivity index (χ4v) is 2.61. The predicted octanol–water partition coefficient (Wildman–Crippen LogP) is 3.36. The zero-order valence-electron chi connectivity index (χ0n) is 14.8. The molecule has 0 aromatic heterocycles. The highest BCUT2D eigenvalue weighted by Gasteiger charge is 2.18. The molecule has 0 saturated heterocycles. The number of hydrogen-bond donors (Lipinski definition) is 2. The average Bonchev–Trinajstić information content (AvgIpc) is 2.60. The Morgan fingerprint density at radius 3 is 2.42 bits per heavy atom. The second-order valence-corrected chi connectivity index (χ2v) is 6.06. The van der Waals surface area contributed by atoms with E-state index in [9.17, 15) is 4.79 Å². The van der Waals surface area contributed by atoms with Crippen LogP contribution in [0, 0.1) is 6.92 Å². The second-order valence-electron chi connectivity index (χ2n) is 6.06. The summed E-state index contributed by atoms with van der Waals surface area (Å²) in [4.78, 5) is 12.3. The minimum Gasteiger partial charge on any atom is -0.496 e. The summed E-state index contributed by atoms with van der Waals surface area (Å²) < 4.78 is 5.38. The van der Waals surface area contributed by atoms with E-state index in [1.54, 1.807) is 7.11 Å². The smallest absolute Gasteiger partial charge is 0.237 e. The highest BCUT2D eigenvalue weighted by atomic mass is 16.5. The van der Waals surface area contributed by atoms with Gasteiger partial charge in [0.25, 0.3) is 0 Å². The van der Waals surface area contributed by atoms with Gasteiger partial charge in [-0.15, -0.1) is 0 Å². The molecule has 0 aliphatic carbocycles. The molecule has 0 fully saturated rings. The lowest BCUT2D eigenvalue weighted by Crippen LogP contribution is -2.42. The van der Waals surface area contributed by atoms with E-state index in [2.05, 4.69) is 10.6 Å². The molecule has 2 N–H and O–H groups in total. The molecule has 4 heteroatoms. The normalized spacial score (nSPS) is 13.2. The van der Waals surface area contributed by atoms with Gasteiger partial charge in [0.05, 0.1) is 13.2 Å². The molecule has 2 aromatic rings. The number of benzene rings is 2. The molecular weight excluding hydrogens is 300 g/mol. The van der Waals surface area contributed by atoms with Crippen molar-refractivity contribution in [2.24, 2.45) is 0 Å². The first kappa shape index (κ1) is 18.0. The summed E-state index contributed by atoms with van der Waals surface area (Å²) in [6.45, 7) is 6.49. The van der Waals surface area contributed by atoms with Crippen molar-refractivity contribution in [3.05, 3.63) is 65.2 Å². The van der Waals surface area contributed by atoms with Gasteiger partial charge in [-0.3, -0.25) is 10.1 Å². The zero-order valence-corrected chi connectivity index (χ0v) is 14.8. The van der Waals surface area contributed by atoms with E-state index >= 15 is 0 Å². The van der Waals surface area contributed by atoms with Crippen LogP contribution in [0.2, 0.25) is 0 Å². The highest BCUT2D eigenvalue weighted by Crippen LogP contribution is 2.24. The molecule has 0 spiro atoms. The Balaban J connectivity index is 1.89. The minimum atomic E-state index is -0.296. The fraction of sp³-hybridized carbons (Fsp3) is 0.350. The first-order chi connectivity index (χ1) is 11.5. The number of amides is 1. The van der Waals surface area contributed by atoms with Crippen LogP contribution in [-0.2, 0) is 11.3 Å². The quantitative estimate of drug-likeness (QED) is 0.820. The molecule has 2 aromatic carbocycles. The van der Waals surface area contributed by atoms with Gasteiger partial charge >= 0.3 is 0 Å². The van der Waals surface area contributed by atoms with Crippen LogP contribution >= 0.6 is 0 Å². The Bertz CT molecular complexity index is 668. The molecule has 4 nitrogen and oxygen atoms in total. The number of rotatable bonds is 7. The molecule has 1 amide bonds. The highest BCUT2D eigenvalue weighted by molar-refractivity contribution is 5.81. The average molecular weight is 326 g/mol. The van der Waals surface area contributed by atoms with E-state index < -0.39 is 0 Å². The maximum Gasteiger partial charge on any atom is 0.237 e. The van der Waals surface area contributed by atoms with Crippen molar-refractivity contribution in [3.8, 4) is 5.75 Å². The third-order valence-corrected chi connectivity index (χ3v) is 4.09. The summed E-state index contributed by atoms with van der Waals surface area (Å²) in [6.07, 6.45) is 0. The van der Waals surface area contributed by atoms with Gasteiger partial charge < -0.3 is 10.1 Å². The lowest BCUT2D eigenvalue weighted by atomic mass is 10.1. The molecule has 0 bridgehead atoms. The first-order valence-corrected chi connectivity index (χ1v) is 8.23. The Labute approximate surface area is 144 Å². The molecule has 2 atom stereocenters. The summed E-state index contributed by atoms with van der Waals surface area (Å²) in [6, 6.07) is 15.7. The second kappa shape index (κ2) is 8.50. The van der Waals surface area contributed by atoms with Crippen LogP contribution in [0.4, 0.5) is 0 Å². The number of ether oxygens (including phenoxy) is 1. The summed E-state index contributed by atoms with van der Waals surface area (Å²) in [5, 5.41) is 6.29. The molecule has 2 rings (SSSR count). The van der Waals surface area contributed by atoms with Crippen molar-refractivity contribution >= 4 is 5.91 Å². The topological polar surface area (TPSA) is 50.4 Å². The van der Waals surface area contributed by atoms with Gasteiger partial charge in [-0.2, -0.15) is 0 Å². The van der Waals surface area contributed by atoms with Crippen LogP contribution in [0.1, 0.15) is 36.6 Å². The van der Waals surface area contributed by atoms with E-state index in [1.165, 1.54) is 5.56 Å². The first-order valence-electron chi connectivity index (χ1n) is 8.23. The molecule has 0 saturated carbocycles. The van der Waals surface area contributed by atoms with Crippen molar-refractivity contribution in [1.29, 1.82) is 0 Å². The van der Waals surface area contributed by atoms with Crippen molar-refractivity contribution in [1.82, 2.24) is 10.6 Å². The minimum absolute atomic E-state index is 0.0151. The fourth-order valence-electron chi connectivity index (χ4n) is 2.61. The Morgan fingerprint density at radius 1 is 1.08 bits per heavy atom. The lowest BCUT2D eigenvalue weighted by Gasteiger charge is -2.21. The summed E-state index contributed by atoms with van der Waals surface area (Å²) in [7, 11) is 1.66. The maximum absolute atomic E-state index is 12.3. The van der Waals surface area contributed by atoms with E-state index in [0.717, 1.165) is 16.9 Å². The molecule has 128 valence electrons. The largest absolute Gasteiger partial charge is 0.496 e. The van der Waals surface area contributed by atoms with Crippen LogP contribution in [0.5, 0.6) is 5.75 Å². The monoisotopic (exact) mass is 326 g/mol. The number of methoxy groups -OCH3 is 1. The van der Waals surface area contributed by atoms with Gasteiger partial charge in [-0.1, -0.05) is 48.0 Å². The Morgan fingerprint density at radius 2 is 1.75 bits per heavy atom. The number of para-hydroxylation sites is 1. The number of nitrogens with one attached hydrogen (secondary N) is 2. The van der Waals surface area contributed by atoms with Gasteiger partial charge in [0.2, 0.25) is 5.91 Å². The zero-order chi connectivity index (χ0) is 17.5. The molecule has 0 unspecified atom stereocenters. The van der Waals surface area contributed by atoms with E-state index in [-0.39, 0.29) is 18.0 Å². The van der Waals surface area contributed by atoms with E-state index in [0.29, 0.717) is 6.54 Å². The van der Waals surface area contributed by atoms with Crippen molar-refractivity contribution in [2.75, 3.05) is 7.11 Å². The molecule has 0 radical (unpaired) electrons. The predicted molar refractivity (Wildman–Crippen MR) is 97.0 cm³/mol. The number of carbonyl (C=O) groups is 1. The van der Waals surface area contributed by atoms with E-state index in [4.69, 9.17) is 4.74 Å². The van der Waals surface area contributed by atoms with Gasteiger partial charge in [0.15, 0.2) is 0 Å². The van der Waals surface area contributed by atoms with Crippen molar-refractivity contribution in [2.45, 2.75) is 39.4 Å². The van der Waals surface area contributed by atoms with Gasteiger partial charge in [0, 0.05) is 18.2 Å². The summed E-state index contributed by atoms with van der Waals surface area (Å²) in [5.74, 6) is 0.807. The van der Waals surface area contributed by atoms with Crippen LogP contribution in [0.25, 0.3) is 0 Å². The van der Waals surface area contributed by atoms with Crippen LogP contribution in [-0.4, -0.2) is 19.1 Å².